The predicted molar refractivity (Wildman–Crippen MR) is 78.4 cm³/mol. The SMILES string of the molecule is Cc1c(C(F)(F)F)nn(C)c1NC(=O)N1CC(C)CC(C(=O)O)C1. The van der Waals surface area contributed by atoms with Gasteiger partial charge in [-0.2, -0.15) is 18.3 Å². The molecule has 1 fully saturated rings. The maximum absolute atomic E-state index is 12.9. The van der Waals surface area contributed by atoms with Crippen LogP contribution < -0.4 is 5.32 Å². The van der Waals surface area contributed by atoms with Gasteiger partial charge in [-0.3, -0.25) is 14.8 Å². The van der Waals surface area contributed by atoms with Crippen LogP contribution in [-0.2, 0) is 18.0 Å². The number of carboxylic acids is 1. The second kappa shape index (κ2) is 6.33. The Bertz CT molecular complexity index is 656. The summed E-state index contributed by atoms with van der Waals surface area (Å²) in [5, 5.41) is 14.9. The first-order valence-corrected chi connectivity index (χ1v) is 7.40. The molecule has 0 spiro atoms. The summed E-state index contributed by atoms with van der Waals surface area (Å²) in [5.74, 6) is -1.74. The van der Waals surface area contributed by atoms with E-state index in [-0.39, 0.29) is 23.8 Å². The van der Waals surface area contributed by atoms with Crippen LogP contribution in [0, 0.1) is 18.8 Å². The highest BCUT2D eigenvalue weighted by atomic mass is 19.4. The van der Waals surface area contributed by atoms with Gasteiger partial charge in [-0.25, -0.2) is 4.79 Å². The van der Waals surface area contributed by atoms with Crippen LogP contribution in [0.5, 0.6) is 0 Å². The van der Waals surface area contributed by atoms with Crippen molar-refractivity contribution in [3.05, 3.63) is 11.3 Å². The second-order valence-corrected chi connectivity index (χ2v) is 6.15. The molecule has 2 N–H and O–H groups in total. The summed E-state index contributed by atoms with van der Waals surface area (Å²) in [6, 6.07) is -0.632. The van der Waals surface area contributed by atoms with E-state index in [2.05, 4.69) is 10.4 Å². The van der Waals surface area contributed by atoms with Crippen molar-refractivity contribution in [2.75, 3.05) is 18.4 Å². The Kier molecular flexibility index (Phi) is 4.77. The van der Waals surface area contributed by atoms with Crippen molar-refractivity contribution in [2.45, 2.75) is 26.4 Å². The minimum atomic E-state index is -4.61. The van der Waals surface area contributed by atoms with Crippen molar-refractivity contribution in [1.82, 2.24) is 14.7 Å². The van der Waals surface area contributed by atoms with Gasteiger partial charge in [-0.15, -0.1) is 0 Å². The van der Waals surface area contributed by atoms with E-state index in [0.29, 0.717) is 13.0 Å². The fraction of sp³-hybridized carbons (Fsp3) is 0.643. The zero-order chi connectivity index (χ0) is 18.2. The highest BCUT2D eigenvalue weighted by Gasteiger charge is 2.38. The number of piperidine rings is 1. The van der Waals surface area contributed by atoms with E-state index in [9.17, 15) is 22.8 Å². The van der Waals surface area contributed by atoms with Crippen molar-refractivity contribution in [2.24, 2.45) is 18.9 Å². The number of carbonyl (C=O) groups excluding carboxylic acids is 1. The number of halogens is 3. The molecular formula is C14H19F3N4O3. The topological polar surface area (TPSA) is 87.5 Å². The van der Waals surface area contributed by atoms with Gasteiger partial charge in [0.1, 0.15) is 5.82 Å². The van der Waals surface area contributed by atoms with E-state index >= 15 is 0 Å². The fourth-order valence-electron chi connectivity index (χ4n) is 2.95. The molecule has 1 aromatic heterocycles. The summed E-state index contributed by atoms with van der Waals surface area (Å²) in [7, 11) is 1.30. The van der Waals surface area contributed by atoms with Gasteiger partial charge in [0.15, 0.2) is 5.69 Å². The molecule has 24 heavy (non-hydrogen) atoms. The molecule has 0 aromatic carbocycles. The molecule has 0 aliphatic carbocycles. The standard InChI is InChI=1S/C14H19F3N4O3/c1-7-4-9(12(22)23)6-21(5-7)13(24)18-11-8(2)10(14(15,16)17)19-20(11)3/h7,9H,4-6H2,1-3H3,(H,18,24)(H,22,23). The molecule has 1 aromatic rings. The minimum absolute atomic E-state index is 0.0102. The number of aryl methyl sites for hydroxylation is 1. The molecule has 7 nitrogen and oxygen atoms in total. The van der Waals surface area contributed by atoms with Crippen LogP contribution in [0.2, 0.25) is 0 Å². The Morgan fingerprint density at radius 1 is 1.33 bits per heavy atom. The molecule has 10 heteroatoms. The molecule has 134 valence electrons. The number of amides is 2. The van der Waals surface area contributed by atoms with Crippen molar-refractivity contribution in [3.8, 4) is 0 Å². The number of hydrogen-bond donors (Lipinski definition) is 2. The number of rotatable bonds is 2. The van der Waals surface area contributed by atoms with Gasteiger partial charge in [0.25, 0.3) is 0 Å². The van der Waals surface area contributed by atoms with Crippen LogP contribution >= 0.6 is 0 Å². The number of urea groups is 1. The largest absolute Gasteiger partial charge is 0.481 e. The first-order valence-electron chi connectivity index (χ1n) is 7.40. The molecular weight excluding hydrogens is 329 g/mol. The number of aliphatic carboxylic acids is 1. The number of likely N-dealkylation sites (tertiary alicyclic amines) is 1. The van der Waals surface area contributed by atoms with E-state index < -0.39 is 29.8 Å². The summed E-state index contributed by atoms with van der Waals surface area (Å²) < 4.78 is 39.5. The molecule has 2 heterocycles. The van der Waals surface area contributed by atoms with Gasteiger partial charge < -0.3 is 10.0 Å². The van der Waals surface area contributed by atoms with Crippen molar-refractivity contribution in [1.29, 1.82) is 0 Å². The minimum Gasteiger partial charge on any atom is -0.481 e. The zero-order valence-corrected chi connectivity index (χ0v) is 13.5. The number of aromatic nitrogens is 2. The predicted octanol–water partition coefficient (Wildman–Crippen LogP) is 2.32. The molecule has 1 aliphatic heterocycles. The Balaban J connectivity index is 2.18. The molecule has 2 unspecified atom stereocenters. The Labute approximate surface area is 136 Å². The lowest BCUT2D eigenvalue weighted by Gasteiger charge is -2.34. The van der Waals surface area contributed by atoms with E-state index in [4.69, 9.17) is 5.11 Å². The van der Waals surface area contributed by atoms with Crippen LogP contribution in [0.15, 0.2) is 0 Å². The monoisotopic (exact) mass is 348 g/mol. The van der Waals surface area contributed by atoms with Crippen molar-refractivity contribution in [3.63, 3.8) is 0 Å². The second-order valence-electron chi connectivity index (χ2n) is 6.15. The van der Waals surface area contributed by atoms with Crippen LogP contribution in [0.25, 0.3) is 0 Å². The molecule has 0 radical (unpaired) electrons. The average molecular weight is 348 g/mol. The van der Waals surface area contributed by atoms with Gasteiger partial charge >= 0.3 is 18.2 Å². The molecule has 0 saturated carbocycles. The van der Waals surface area contributed by atoms with Crippen LogP contribution in [0.3, 0.4) is 0 Å². The molecule has 1 saturated heterocycles. The fourth-order valence-corrected chi connectivity index (χ4v) is 2.95. The maximum Gasteiger partial charge on any atom is 0.435 e. The Hall–Kier alpha value is -2.26. The molecule has 2 rings (SSSR count). The number of carboxylic acid groups (broad SMARTS) is 1. The quantitative estimate of drug-likeness (QED) is 0.859. The summed E-state index contributed by atoms with van der Waals surface area (Å²) in [6.45, 7) is 3.42. The average Bonchev–Trinajstić information content (AvgIpc) is 2.74. The normalized spacial score (nSPS) is 21.7. The van der Waals surface area contributed by atoms with Crippen LogP contribution in [0.1, 0.15) is 24.6 Å². The summed E-state index contributed by atoms with van der Waals surface area (Å²) in [5.41, 5.74) is -1.24. The Morgan fingerprint density at radius 3 is 2.46 bits per heavy atom. The molecule has 2 amide bonds. The van der Waals surface area contributed by atoms with Crippen molar-refractivity contribution < 1.29 is 27.9 Å². The lowest BCUT2D eigenvalue weighted by atomic mass is 9.91. The number of nitrogens with one attached hydrogen (secondary N) is 1. The van der Waals surface area contributed by atoms with Crippen LogP contribution in [-0.4, -0.2) is 44.9 Å². The lowest BCUT2D eigenvalue weighted by molar-refractivity contribution is -0.144. The third kappa shape index (κ3) is 3.62. The van der Waals surface area contributed by atoms with E-state index in [1.807, 2.05) is 6.92 Å². The van der Waals surface area contributed by atoms with Crippen molar-refractivity contribution >= 4 is 17.8 Å². The van der Waals surface area contributed by atoms with E-state index in [1.54, 1.807) is 0 Å². The van der Waals surface area contributed by atoms with Gasteiger partial charge in [-0.1, -0.05) is 6.92 Å². The number of alkyl halides is 3. The lowest BCUT2D eigenvalue weighted by Crippen LogP contribution is -2.47. The van der Waals surface area contributed by atoms with Crippen LogP contribution in [0.4, 0.5) is 23.8 Å². The third-order valence-corrected chi connectivity index (χ3v) is 4.07. The maximum atomic E-state index is 12.9. The third-order valence-electron chi connectivity index (χ3n) is 4.07. The number of anilines is 1. The highest BCUT2D eigenvalue weighted by Crippen LogP contribution is 2.34. The zero-order valence-electron chi connectivity index (χ0n) is 13.5. The summed E-state index contributed by atoms with van der Waals surface area (Å²) >= 11 is 0. The molecule has 2 atom stereocenters. The smallest absolute Gasteiger partial charge is 0.435 e. The number of hydrogen-bond acceptors (Lipinski definition) is 3. The molecule has 1 aliphatic rings. The summed E-state index contributed by atoms with van der Waals surface area (Å²) in [4.78, 5) is 24.8. The number of nitrogens with zero attached hydrogens (tertiary/aromatic N) is 3. The molecule has 0 bridgehead atoms. The van der Waals surface area contributed by atoms with Gasteiger partial charge in [-0.05, 0) is 19.3 Å². The van der Waals surface area contributed by atoms with E-state index in [0.717, 1.165) is 4.68 Å². The first kappa shape index (κ1) is 18.1. The summed E-state index contributed by atoms with van der Waals surface area (Å²) in [6.07, 6.45) is -4.15. The van der Waals surface area contributed by atoms with Gasteiger partial charge in [0.05, 0.1) is 5.92 Å². The number of carbonyl (C=O) groups is 2. The first-order chi connectivity index (χ1) is 11.0. The van der Waals surface area contributed by atoms with Gasteiger partial charge in [0, 0.05) is 25.7 Å². The van der Waals surface area contributed by atoms with Gasteiger partial charge in [0.2, 0.25) is 0 Å². The Morgan fingerprint density at radius 2 is 1.96 bits per heavy atom. The van der Waals surface area contributed by atoms with E-state index in [1.165, 1.54) is 18.9 Å². The highest BCUT2D eigenvalue weighted by molar-refractivity contribution is 5.89.